The van der Waals surface area contributed by atoms with Crippen LogP contribution in [0.4, 0.5) is 5.95 Å². The zero-order chi connectivity index (χ0) is 14.9. The first-order valence-corrected chi connectivity index (χ1v) is 8.04. The minimum Gasteiger partial charge on any atom is -0.391 e. The average Bonchev–Trinajstić information content (AvgIpc) is 2.76. The number of aliphatic hydroxyl groups is 1. The summed E-state index contributed by atoms with van der Waals surface area (Å²) in [6, 6.07) is 1.51. The molecule has 0 aliphatic heterocycles. The van der Waals surface area contributed by atoms with Gasteiger partial charge in [-0.25, -0.2) is 18.1 Å². The normalized spacial score (nSPS) is 11.6. The number of thiophene rings is 1. The standard InChI is InChI=1S/C11H14N4O3S2/c1-6-4-10(19-9(6)5-16)20(17,18)15-11-12-7(2)8(3)13-14-11/h4,16H,5H2,1-3H3,(H,12,14,15). The number of hydrogen-bond donors (Lipinski definition) is 2. The summed E-state index contributed by atoms with van der Waals surface area (Å²) in [5, 5.41) is 16.6. The van der Waals surface area contributed by atoms with Gasteiger partial charge in [-0.05, 0) is 32.4 Å². The summed E-state index contributed by atoms with van der Waals surface area (Å²) in [6.07, 6.45) is 0. The number of sulfonamides is 1. The van der Waals surface area contributed by atoms with Crippen molar-refractivity contribution in [3.63, 3.8) is 0 Å². The highest BCUT2D eigenvalue weighted by atomic mass is 32.2. The summed E-state index contributed by atoms with van der Waals surface area (Å²) in [4.78, 5) is 4.64. The van der Waals surface area contributed by atoms with E-state index in [1.807, 2.05) is 0 Å². The zero-order valence-electron chi connectivity index (χ0n) is 11.2. The van der Waals surface area contributed by atoms with E-state index in [1.165, 1.54) is 6.07 Å². The Morgan fingerprint density at radius 3 is 2.50 bits per heavy atom. The van der Waals surface area contributed by atoms with Crippen molar-refractivity contribution in [1.29, 1.82) is 0 Å². The lowest BCUT2D eigenvalue weighted by molar-refractivity contribution is 0.285. The molecule has 0 saturated carbocycles. The van der Waals surface area contributed by atoms with Gasteiger partial charge >= 0.3 is 0 Å². The van der Waals surface area contributed by atoms with Crippen LogP contribution < -0.4 is 4.72 Å². The van der Waals surface area contributed by atoms with Crippen molar-refractivity contribution in [1.82, 2.24) is 15.2 Å². The Hall–Kier alpha value is -1.58. The fraction of sp³-hybridized carbons (Fsp3) is 0.364. The predicted molar refractivity (Wildman–Crippen MR) is 75.1 cm³/mol. The van der Waals surface area contributed by atoms with Crippen molar-refractivity contribution >= 4 is 27.3 Å². The van der Waals surface area contributed by atoms with Gasteiger partial charge in [0.05, 0.1) is 18.0 Å². The Labute approximate surface area is 120 Å². The van der Waals surface area contributed by atoms with E-state index in [0.717, 1.165) is 16.9 Å². The van der Waals surface area contributed by atoms with Gasteiger partial charge in [-0.1, -0.05) is 0 Å². The highest BCUT2D eigenvalue weighted by molar-refractivity contribution is 7.94. The molecule has 0 atom stereocenters. The number of nitrogens with one attached hydrogen (secondary N) is 1. The molecule has 0 aromatic carbocycles. The van der Waals surface area contributed by atoms with Crippen LogP contribution in [0.2, 0.25) is 0 Å². The van der Waals surface area contributed by atoms with Crippen LogP contribution in [0.15, 0.2) is 10.3 Å². The SMILES string of the molecule is Cc1cc(S(=O)(=O)Nc2nnc(C)c(C)n2)sc1CO. The van der Waals surface area contributed by atoms with Crippen LogP contribution in [0.25, 0.3) is 0 Å². The first-order valence-electron chi connectivity index (χ1n) is 5.74. The second-order valence-corrected chi connectivity index (χ2v) is 7.29. The summed E-state index contributed by atoms with van der Waals surface area (Å²) in [5.74, 6) is -0.0651. The van der Waals surface area contributed by atoms with Crippen molar-refractivity contribution in [3.8, 4) is 0 Å². The summed E-state index contributed by atoms with van der Waals surface area (Å²) in [6.45, 7) is 5.02. The molecular formula is C11H14N4O3S2. The van der Waals surface area contributed by atoms with E-state index >= 15 is 0 Å². The summed E-state index contributed by atoms with van der Waals surface area (Å²) in [5.41, 5.74) is 1.98. The smallest absolute Gasteiger partial charge is 0.273 e. The molecule has 2 heterocycles. The Balaban J connectivity index is 2.32. The molecule has 0 aliphatic carbocycles. The van der Waals surface area contributed by atoms with Crippen LogP contribution in [0.3, 0.4) is 0 Å². The Bertz CT molecular complexity index is 740. The van der Waals surface area contributed by atoms with Gasteiger partial charge in [-0.15, -0.1) is 16.4 Å². The van der Waals surface area contributed by atoms with Crippen molar-refractivity contribution in [2.24, 2.45) is 0 Å². The van der Waals surface area contributed by atoms with Crippen molar-refractivity contribution in [3.05, 3.63) is 27.9 Å². The maximum atomic E-state index is 12.2. The molecule has 20 heavy (non-hydrogen) atoms. The maximum Gasteiger partial charge on any atom is 0.273 e. The van der Waals surface area contributed by atoms with E-state index in [4.69, 9.17) is 5.11 Å². The maximum absolute atomic E-state index is 12.2. The van der Waals surface area contributed by atoms with Crippen LogP contribution in [-0.4, -0.2) is 28.7 Å². The third-order valence-corrected chi connectivity index (χ3v) is 5.75. The molecule has 9 heteroatoms. The number of aliphatic hydroxyl groups excluding tert-OH is 1. The topological polar surface area (TPSA) is 105 Å². The van der Waals surface area contributed by atoms with Crippen LogP contribution in [0, 0.1) is 20.8 Å². The molecule has 0 fully saturated rings. The lowest BCUT2D eigenvalue weighted by Crippen LogP contribution is -2.15. The van der Waals surface area contributed by atoms with Crippen LogP contribution in [-0.2, 0) is 16.6 Å². The largest absolute Gasteiger partial charge is 0.391 e. The molecule has 0 spiro atoms. The zero-order valence-corrected chi connectivity index (χ0v) is 12.8. The van der Waals surface area contributed by atoms with Crippen molar-refractivity contribution in [2.45, 2.75) is 31.6 Å². The van der Waals surface area contributed by atoms with Gasteiger partial charge in [0.1, 0.15) is 4.21 Å². The first kappa shape index (κ1) is 14.8. The monoisotopic (exact) mass is 314 g/mol. The van der Waals surface area contributed by atoms with Gasteiger partial charge in [0.2, 0.25) is 0 Å². The quantitative estimate of drug-likeness (QED) is 0.877. The van der Waals surface area contributed by atoms with E-state index in [2.05, 4.69) is 19.9 Å². The lowest BCUT2D eigenvalue weighted by atomic mass is 10.3. The third kappa shape index (κ3) is 2.94. The fourth-order valence-corrected chi connectivity index (χ4v) is 3.84. The molecule has 0 aliphatic rings. The van der Waals surface area contributed by atoms with E-state index in [1.54, 1.807) is 20.8 Å². The molecule has 0 unspecified atom stereocenters. The number of rotatable bonds is 4. The minimum atomic E-state index is -3.76. The molecule has 7 nitrogen and oxygen atoms in total. The second kappa shape index (κ2) is 5.43. The van der Waals surface area contributed by atoms with Crippen molar-refractivity contribution < 1.29 is 13.5 Å². The number of nitrogens with zero attached hydrogens (tertiary/aromatic N) is 3. The van der Waals surface area contributed by atoms with Crippen LogP contribution in [0.1, 0.15) is 21.8 Å². The van der Waals surface area contributed by atoms with Gasteiger partial charge in [0.25, 0.3) is 16.0 Å². The third-order valence-electron chi connectivity index (χ3n) is 2.72. The number of hydrogen-bond acceptors (Lipinski definition) is 7. The van der Waals surface area contributed by atoms with Gasteiger partial charge in [0.15, 0.2) is 0 Å². The number of anilines is 1. The van der Waals surface area contributed by atoms with E-state index in [0.29, 0.717) is 16.3 Å². The molecule has 0 amide bonds. The van der Waals surface area contributed by atoms with Crippen molar-refractivity contribution in [2.75, 3.05) is 4.72 Å². The predicted octanol–water partition coefficient (Wildman–Crippen LogP) is 1.15. The molecule has 2 aromatic heterocycles. The minimum absolute atomic E-state index is 0.0651. The first-order chi connectivity index (χ1) is 9.33. The van der Waals surface area contributed by atoms with Crippen LogP contribution in [0.5, 0.6) is 0 Å². The molecular weight excluding hydrogens is 300 g/mol. The number of aromatic nitrogens is 3. The average molecular weight is 314 g/mol. The Morgan fingerprint density at radius 2 is 1.95 bits per heavy atom. The van der Waals surface area contributed by atoms with Gasteiger partial charge in [-0.3, -0.25) is 0 Å². The number of aryl methyl sites for hydroxylation is 3. The molecule has 2 N–H and O–H groups in total. The van der Waals surface area contributed by atoms with E-state index < -0.39 is 10.0 Å². The molecule has 108 valence electrons. The summed E-state index contributed by atoms with van der Waals surface area (Å²) >= 11 is 1.02. The molecule has 2 rings (SSSR count). The van der Waals surface area contributed by atoms with E-state index in [9.17, 15) is 8.42 Å². The van der Waals surface area contributed by atoms with Gasteiger partial charge in [0, 0.05) is 4.88 Å². The Kier molecular flexibility index (Phi) is 4.02. The summed E-state index contributed by atoms with van der Waals surface area (Å²) in [7, 11) is -3.76. The lowest BCUT2D eigenvalue weighted by Gasteiger charge is -2.05. The van der Waals surface area contributed by atoms with Crippen LogP contribution >= 0.6 is 11.3 Å². The molecule has 0 bridgehead atoms. The Morgan fingerprint density at radius 1 is 1.25 bits per heavy atom. The molecule has 0 saturated heterocycles. The highest BCUT2D eigenvalue weighted by Gasteiger charge is 2.20. The summed E-state index contributed by atoms with van der Waals surface area (Å²) < 4.78 is 26.8. The second-order valence-electron chi connectivity index (χ2n) is 4.24. The fourth-order valence-electron chi connectivity index (χ4n) is 1.45. The molecule has 0 radical (unpaired) electrons. The van der Waals surface area contributed by atoms with Gasteiger partial charge < -0.3 is 5.11 Å². The highest BCUT2D eigenvalue weighted by Crippen LogP contribution is 2.27. The van der Waals surface area contributed by atoms with Gasteiger partial charge in [-0.2, -0.15) is 5.10 Å². The van der Waals surface area contributed by atoms with E-state index in [-0.39, 0.29) is 16.8 Å². The molecule has 2 aromatic rings.